The fourth-order valence-electron chi connectivity index (χ4n) is 2.64. The average Bonchev–Trinajstić information content (AvgIpc) is 2.78. The van der Waals surface area contributed by atoms with Crippen LogP contribution in [0.5, 0.6) is 0 Å². The second-order valence-electron chi connectivity index (χ2n) is 5.94. The maximum absolute atomic E-state index is 5.58. The largest absolute Gasteiger partial charge is 0.466 e. The minimum Gasteiger partial charge on any atom is -0.466 e. The lowest BCUT2D eigenvalue weighted by Crippen LogP contribution is -2.48. The zero-order valence-electron chi connectivity index (χ0n) is 13.8. The quantitative estimate of drug-likeness (QED) is 0.688. The van der Waals surface area contributed by atoms with Gasteiger partial charge in [0.25, 0.3) is 0 Å². The third kappa shape index (κ3) is 4.19. The zero-order valence-corrected chi connectivity index (χ0v) is 14.6. The number of thioether (sulfide) groups is 1. The molecule has 5 heteroatoms. The van der Waals surface area contributed by atoms with Gasteiger partial charge >= 0.3 is 0 Å². The molecule has 1 aliphatic heterocycles. The average molecular weight is 309 g/mol. The molecule has 1 aliphatic rings. The van der Waals surface area contributed by atoms with E-state index in [1.807, 2.05) is 20.9 Å². The van der Waals surface area contributed by atoms with Crippen LogP contribution in [0.1, 0.15) is 30.9 Å². The van der Waals surface area contributed by atoms with E-state index in [1.54, 1.807) is 0 Å². The number of furan rings is 1. The molecule has 4 nitrogen and oxygen atoms in total. The van der Waals surface area contributed by atoms with E-state index >= 15 is 0 Å². The molecule has 0 spiro atoms. The van der Waals surface area contributed by atoms with Gasteiger partial charge in [-0.3, -0.25) is 4.99 Å². The highest BCUT2D eigenvalue weighted by atomic mass is 32.2. The Balaban J connectivity index is 1.95. The molecule has 1 saturated heterocycles. The topological polar surface area (TPSA) is 40.8 Å². The zero-order chi connectivity index (χ0) is 15.4. The highest BCUT2D eigenvalue weighted by molar-refractivity contribution is 8.00. The molecular weight excluding hydrogens is 282 g/mol. The number of guanidine groups is 1. The summed E-state index contributed by atoms with van der Waals surface area (Å²) < 4.78 is 5.58. The first-order valence-corrected chi connectivity index (χ1v) is 8.69. The molecule has 1 fully saturated rings. The Bertz CT molecular complexity index is 496. The Hall–Kier alpha value is -1.10. The standard InChI is InChI=1S/C16H27N3OS/c1-11(2)15-10-19(6-7-21-15)16(17-5)18-9-14-8-12(3)20-13(14)4/h8,11,15H,6-7,9-10H2,1-5H3,(H,17,18). The van der Waals surface area contributed by atoms with Crippen LogP contribution in [0.3, 0.4) is 0 Å². The van der Waals surface area contributed by atoms with E-state index < -0.39 is 0 Å². The molecule has 1 aromatic heterocycles. The van der Waals surface area contributed by atoms with Gasteiger partial charge in [0.15, 0.2) is 5.96 Å². The van der Waals surface area contributed by atoms with Crippen molar-refractivity contribution < 1.29 is 4.42 Å². The van der Waals surface area contributed by atoms with Crippen molar-refractivity contribution in [3.8, 4) is 0 Å². The summed E-state index contributed by atoms with van der Waals surface area (Å²) in [6.45, 7) is 11.5. The molecule has 0 saturated carbocycles. The van der Waals surface area contributed by atoms with Crippen molar-refractivity contribution in [3.63, 3.8) is 0 Å². The minimum absolute atomic E-state index is 0.690. The van der Waals surface area contributed by atoms with Crippen LogP contribution in [0.2, 0.25) is 0 Å². The molecule has 0 bridgehead atoms. The van der Waals surface area contributed by atoms with Crippen molar-refractivity contribution in [2.24, 2.45) is 10.9 Å². The fourth-order valence-corrected chi connectivity index (χ4v) is 3.94. The number of hydrogen-bond donors (Lipinski definition) is 1. The normalized spacial score (nSPS) is 20.2. The maximum Gasteiger partial charge on any atom is 0.193 e. The van der Waals surface area contributed by atoms with Crippen LogP contribution >= 0.6 is 11.8 Å². The van der Waals surface area contributed by atoms with Crippen molar-refractivity contribution in [2.45, 2.75) is 39.5 Å². The summed E-state index contributed by atoms with van der Waals surface area (Å²) >= 11 is 2.08. The van der Waals surface area contributed by atoms with Gasteiger partial charge in [0, 0.05) is 43.2 Å². The Morgan fingerprint density at radius 2 is 2.29 bits per heavy atom. The second-order valence-corrected chi connectivity index (χ2v) is 7.29. The molecule has 2 rings (SSSR count). The monoisotopic (exact) mass is 309 g/mol. The summed E-state index contributed by atoms with van der Waals surface area (Å²) in [5.41, 5.74) is 1.21. The van der Waals surface area contributed by atoms with Gasteiger partial charge in [0.2, 0.25) is 0 Å². The van der Waals surface area contributed by atoms with Crippen molar-refractivity contribution in [3.05, 3.63) is 23.2 Å². The van der Waals surface area contributed by atoms with E-state index in [9.17, 15) is 0 Å². The lowest BCUT2D eigenvalue weighted by molar-refractivity contribution is 0.380. The van der Waals surface area contributed by atoms with Gasteiger partial charge in [0.05, 0.1) is 0 Å². The van der Waals surface area contributed by atoms with Crippen LogP contribution < -0.4 is 5.32 Å². The lowest BCUT2D eigenvalue weighted by atomic mass is 10.1. The molecular formula is C16H27N3OS. The first-order valence-electron chi connectivity index (χ1n) is 7.64. The van der Waals surface area contributed by atoms with Crippen LogP contribution in [0.4, 0.5) is 0 Å². The lowest BCUT2D eigenvalue weighted by Gasteiger charge is -2.36. The molecule has 21 heavy (non-hydrogen) atoms. The molecule has 0 aliphatic carbocycles. The van der Waals surface area contributed by atoms with E-state index in [-0.39, 0.29) is 0 Å². The van der Waals surface area contributed by atoms with Crippen LogP contribution in [0.15, 0.2) is 15.5 Å². The first-order chi connectivity index (χ1) is 10.0. The molecule has 1 N–H and O–H groups in total. The summed E-state index contributed by atoms with van der Waals surface area (Å²) in [5, 5.41) is 4.17. The third-order valence-electron chi connectivity index (χ3n) is 3.93. The molecule has 1 atom stereocenters. The van der Waals surface area contributed by atoms with Gasteiger partial charge in [-0.25, -0.2) is 0 Å². The molecule has 2 heterocycles. The third-order valence-corrected chi connectivity index (χ3v) is 5.47. The van der Waals surface area contributed by atoms with Crippen molar-refractivity contribution in [1.29, 1.82) is 0 Å². The number of rotatable bonds is 3. The smallest absolute Gasteiger partial charge is 0.193 e. The summed E-state index contributed by atoms with van der Waals surface area (Å²) in [7, 11) is 1.86. The van der Waals surface area contributed by atoms with Crippen molar-refractivity contribution in [1.82, 2.24) is 10.2 Å². The van der Waals surface area contributed by atoms with E-state index in [4.69, 9.17) is 4.42 Å². The summed E-state index contributed by atoms with van der Waals surface area (Å²) in [6.07, 6.45) is 0. The Kier molecular flexibility index (Phi) is 5.62. The molecule has 0 amide bonds. The van der Waals surface area contributed by atoms with Crippen molar-refractivity contribution >= 4 is 17.7 Å². The number of aliphatic imine (C=N–C) groups is 1. The van der Waals surface area contributed by atoms with Gasteiger partial charge in [-0.05, 0) is 25.8 Å². The van der Waals surface area contributed by atoms with E-state index in [1.165, 1.54) is 11.3 Å². The first kappa shape index (κ1) is 16.3. The molecule has 0 aromatic carbocycles. The highest BCUT2D eigenvalue weighted by Gasteiger charge is 2.24. The maximum atomic E-state index is 5.58. The van der Waals surface area contributed by atoms with Gasteiger partial charge in [-0.1, -0.05) is 13.8 Å². The van der Waals surface area contributed by atoms with Crippen LogP contribution in [-0.4, -0.2) is 42.0 Å². The molecule has 118 valence electrons. The predicted octanol–water partition coefficient (Wildman–Crippen LogP) is 3.05. The summed E-state index contributed by atoms with van der Waals surface area (Å²) in [6, 6.07) is 2.10. The van der Waals surface area contributed by atoms with Crippen LogP contribution in [-0.2, 0) is 6.54 Å². The Morgan fingerprint density at radius 3 is 2.86 bits per heavy atom. The van der Waals surface area contributed by atoms with Crippen LogP contribution in [0, 0.1) is 19.8 Å². The highest BCUT2D eigenvalue weighted by Crippen LogP contribution is 2.25. The van der Waals surface area contributed by atoms with Gasteiger partial charge in [-0.2, -0.15) is 11.8 Å². The fraction of sp³-hybridized carbons (Fsp3) is 0.688. The molecule has 0 radical (unpaired) electrons. The van der Waals surface area contributed by atoms with E-state index in [2.05, 4.69) is 46.9 Å². The number of nitrogens with zero attached hydrogens (tertiary/aromatic N) is 2. The molecule has 1 unspecified atom stereocenters. The number of aryl methyl sites for hydroxylation is 2. The summed E-state index contributed by atoms with van der Waals surface area (Å²) in [5.74, 6) is 4.83. The molecule has 1 aromatic rings. The number of hydrogen-bond acceptors (Lipinski definition) is 3. The van der Waals surface area contributed by atoms with Gasteiger partial charge in [-0.15, -0.1) is 0 Å². The minimum atomic E-state index is 0.690. The Morgan fingerprint density at radius 1 is 1.52 bits per heavy atom. The van der Waals surface area contributed by atoms with E-state index in [0.29, 0.717) is 11.2 Å². The van der Waals surface area contributed by atoms with Gasteiger partial charge < -0.3 is 14.6 Å². The Labute approximate surface area is 132 Å². The van der Waals surface area contributed by atoms with Crippen molar-refractivity contribution in [2.75, 3.05) is 25.9 Å². The van der Waals surface area contributed by atoms with Crippen LogP contribution in [0.25, 0.3) is 0 Å². The number of nitrogens with one attached hydrogen (secondary N) is 1. The van der Waals surface area contributed by atoms with Gasteiger partial charge in [0.1, 0.15) is 11.5 Å². The predicted molar refractivity (Wildman–Crippen MR) is 91.0 cm³/mol. The van der Waals surface area contributed by atoms with E-state index in [0.717, 1.165) is 37.1 Å². The SMILES string of the molecule is CN=C(NCc1cc(C)oc1C)N1CCSC(C(C)C)C1. The summed E-state index contributed by atoms with van der Waals surface area (Å²) in [4.78, 5) is 6.83. The second kappa shape index (κ2) is 7.25.